The maximum Gasteiger partial charge on any atom is 0.141 e. The van der Waals surface area contributed by atoms with Crippen molar-refractivity contribution in [3.8, 4) is 11.5 Å². The predicted molar refractivity (Wildman–Crippen MR) is 69.8 cm³/mol. The Morgan fingerprint density at radius 1 is 0.933 bits per heavy atom. The zero-order valence-electron chi connectivity index (χ0n) is 7.74. The molecule has 74 valence electrons. The maximum absolute atomic E-state index is 5.81. The van der Waals surface area contributed by atoms with Gasteiger partial charge in [0.15, 0.2) is 0 Å². The second-order valence-electron chi connectivity index (χ2n) is 3.24. The van der Waals surface area contributed by atoms with Crippen molar-refractivity contribution in [1.29, 1.82) is 0 Å². The zero-order chi connectivity index (χ0) is 10.3. The van der Waals surface area contributed by atoms with Crippen LogP contribution in [0, 0.1) is 3.57 Å². The standard InChI is InChI=1S/C12H7IOS/c13-8-5-6-10-12(7-8)15-11-4-2-1-3-9(11)14-10/h1-7H. The van der Waals surface area contributed by atoms with Crippen molar-refractivity contribution in [2.45, 2.75) is 9.79 Å². The molecule has 1 aliphatic heterocycles. The lowest BCUT2D eigenvalue weighted by atomic mass is 10.3. The summed E-state index contributed by atoms with van der Waals surface area (Å²) in [6, 6.07) is 14.4. The lowest BCUT2D eigenvalue weighted by molar-refractivity contribution is 0.454. The molecule has 0 radical (unpaired) electrons. The van der Waals surface area contributed by atoms with Crippen molar-refractivity contribution in [3.05, 3.63) is 46.0 Å². The van der Waals surface area contributed by atoms with E-state index in [1.54, 1.807) is 11.8 Å². The van der Waals surface area contributed by atoms with E-state index in [0.717, 1.165) is 11.5 Å². The fraction of sp³-hybridized carbons (Fsp3) is 0. The van der Waals surface area contributed by atoms with Gasteiger partial charge < -0.3 is 4.74 Å². The van der Waals surface area contributed by atoms with Crippen LogP contribution < -0.4 is 4.74 Å². The number of rotatable bonds is 0. The number of para-hydroxylation sites is 1. The number of benzene rings is 2. The highest BCUT2D eigenvalue weighted by molar-refractivity contribution is 14.1. The third kappa shape index (κ3) is 1.74. The zero-order valence-corrected chi connectivity index (χ0v) is 10.7. The summed E-state index contributed by atoms with van der Waals surface area (Å²) < 4.78 is 7.05. The highest BCUT2D eigenvalue weighted by atomic mass is 127. The number of halogens is 1. The molecule has 1 heterocycles. The summed E-state index contributed by atoms with van der Waals surface area (Å²) >= 11 is 4.08. The highest BCUT2D eigenvalue weighted by Crippen LogP contribution is 2.46. The van der Waals surface area contributed by atoms with Crippen molar-refractivity contribution >= 4 is 34.4 Å². The molecule has 15 heavy (non-hydrogen) atoms. The molecule has 0 unspecified atom stereocenters. The lowest BCUT2D eigenvalue weighted by Crippen LogP contribution is -1.94. The summed E-state index contributed by atoms with van der Waals surface area (Å²) in [5.41, 5.74) is 0. The van der Waals surface area contributed by atoms with Crippen LogP contribution in [0.15, 0.2) is 52.3 Å². The van der Waals surface area contributed by atoms with Gasteiger partial charge in [0, 0.05) is 3.57 Å². The third-order valence-electron chi connectivity index (χ3n) is 2.19. The first kappa shape index (κ1) is 9.54. The summed E-state index contributed by atoms with van der Waals surface area (Å²) in [5, 5.41) is 0. The first-order valence-electron chi connectivity index (χ1n) is 4.57. The Bertz CT molecular complexity index is 525. The van der Waals surface area contributed by atoms with E-state index in [1.165, 1.54) is 13.4 Å². The molecule has 0 fully saturated rings. The number of fused-ring (bicyclic) bond motifs is 2. The molecule has 0 amide bonds. The molecule has 1 aliphatic rings. The summed E-state index contributed by atoms with van der Waals surface area (Å²) in [5.74, 6) is 1.91. The molecule has 0 saturated heterocycles. The molecular formula is C12H7IOS. The van der Waals surface area contributed by atoms with E-state index < -0.39 is 0 Å². The first-order valence-corrected chi connectivity index (χ1v) is 6.47. The van der Waals surface area contributed by atoms with Crippen LogP contribution in [0.5, 0.6) is 11.5 Å². The second-order valence-corrected chi connectivity index (χ2v) is 5.57. The Morgan fingerprint density at radius 2 is 1.73 bits per heavy atom. The minimum atomic E-state index is 0.955. The van der Waals surface area contributed by atoms with E-state index in [4.69, 9.17) is 4.74 Å². The second kappa shape index (κ2) is 3.72. The van der Waals surface area contributed by atoms with Crippen LogP contribution in [0.1, 0.15) is 0 Å². The minimum Gasteiger partial charge on any atom is -0.455 e. The van der Waals surface area contributed by atoms with Crippen LogP contribution in [0.25, 0.3) is 0 Å². The molecule has 2 aromatic rings. The normalized spacial score (nSPS) is 12.6. The van der Waals surface area contributed by atoms with Crippen molar-refractivity contribution < 1.29 is 4.74 Å². The molecule has 0 saturated carbocycles. The van der Waals surface area contributed by atoms with Crippen LogP contribution >= 0.6 is 34.4 Å². The molecular weight excluding hydrogens is 319 g/mol. The average Bonchev–Trinajstić information content (AvgIpc) is 2.26. The molecule has 1 nitrogen and oxygen atoms in total. The van der Waals surface area contributed by atoms with Gasteiger partial charge in [-0.25, -0.2) is 0 Å². The molecule has 0 atom stereocenters. The Morgan fingerprint density at radius 3 is 2.67 bits per heavy atom. The number of ether oxygens (including phenoxy) is 1. The molecule has 3 rings (SSSR count). The van der Waals surface area contributed by atoms with Crippen molar-refractivity contribution in [2.75, 3.05) is 0 Å². The van der Waals surface area contributed by atoms with Gasteiger partial charge in [-0.15, -0.1) is 0 Å². The quantitative estimate of drug-likeness (QED) is 0.561. The Labute approximate surface area is 106 Å². The van der Waals surface area contributed by atoms with Gasteiger partial charge in [-0.05, 0) is 52.9 Å². The Hall–Kier alpha value is -0.680. The molecule has 2 aromatic carbocycles. The summed E-state index contributed by atoms with van der Waals surface area (Å²) in [6.45, 7) is 0. The predicted octanol–water partition coefficient (Wildman–Crippen LogP) is 4.55. The summed E-state index contributed by atoms with van der Waals surface area (Å²) in [4.78, 5) is 2.38. The fourth-order valence-electron chi connectivity index (χ4n) is 1.50. The van der Waals surface area contributed by atoms with Crippen molar-refractivity contribution in [2.24, 2.45) is 0 Å². The third-order valence-corrected chi connectivity index (χ3v) is 3.96. The largest absolute Gasteiger partial charge is 0.455 e. The molecule has 0 N–H and O–H groups in total. The van der Waals surface area contributed by atoms with Gasteiger partial charge in [0.2, 0.25) is 0 Å². The van der Waals surface area contributed by atoms with Crippen molar-refractivity contribution in [1.82, 2.24) is 0 Å². The van der Waals surface area contributed by atoms with Crippen LogP contribution in [0.2, 0.25) is 0 Å². The first-order chi connectivity index (χ1) is 7.33. The van der Waals surface area contributed by atoms with Crippen LogP contribution in [-0.2, 0) is 0 Å². The lowest BCUT2D eigenvalue weighted by Gasteiger charge is -2.19. The molecule has 3 heteroatoms. The highest BCUT2D eigenvalue weighted by Gasteiger charge is 2.16. The van der Waals surface area contributed by atoms with Crippen LogP contribution in [-0.4, -0.2) is 0 Å². The Kier molecular flexibility index (Phi) is 2.36. The van der Waals surface area contributed by atoms with E-state index in [-0.39, 0.29) is 0 Å². The average molecular weight is 326 g/mol. The molecule has 0 aliphatic carbocycles. The van der Waals surface area contributed by atoms with Crippen molar-refractivity contribution in [3.63, 3.8) is 0 Å². The van der Waals surface area contributed by atoms with E-state index in [2.05, 4.69) is 40.8 Å². The van der Waals surface area contributed by atoms with Gasteiger partial charge in [-0.2, -0.15) is 0 Å². The SMILES string of the molecule is Ic1ccc2c(c1)Sc1ccccc1O2. The molecule has 0 aromatic heterocycles. The molecule has 0 spiro atoms. The van der Waals surface area contributed by atoms with E-state index in [0.29, 0.717) is 0 Å². The topological polar surface area (TPSA) is 9.23 Å². The number of hydrogen-bond donors (Lipinski definition) is 0. The van der Waals surface area contributed by atoms with Gasteiger partial charge in [0.05, 0.1) is 9.79 Å². The van der Waals surface area contributed by atoms with Gasteiger partial charge in [-0.3, -0.25) is 0 Å². The monoisotopic (exact) mass is 326 g/mol. The van der Waals surface area contributed by atoms with Gasteiger partial charge >= 0.3 is 0 Å². The van der Waals surface area contributed by atoms with Gasteiger partial charge in [0.25, 0.3) is 0 Å². The van der Waals surface area contributed by atoms with Crippen LogP contribution in [0.3, 0.4) is 0 Å². The van der Waals surface area contributed by atoms with Gasteiger partial charge in [0.1, 0.15) is 11.5 Å². The van der Waals surface area contributed by atoms with Gasteiger partial charge in [-0.1, -0.05) is 23.9 Å². The van der Waals surface area contributed by atoms with E-state index >= 15 is 0 Å². The van der Waals surface area contributed by atoms with E-state index in [1.807, 2.05) is 24.3 Å². The smallest absolute Gasteiger partial charge is 0.141 e. The summed E-state index contributed by atoms with van der Waals surface area (Å²) in [6.07, 6.45) is 0. The fourth-order valence-corrected chi connectivity index (χ4v) is 3.19. The summed E-state index contributed by atoms with van der Waals surface area (Å²) in [7, 11) is 0. The Balaban J connectivity index is 2.11. The molecule has 0 bridgehead atoms. The maximum atomic E-state index is 5.81. The van der Waals surface area contributed by atoms with Crippen LogP contribution in [0.4, 0.5) is 0 Å². The number of hydrogen-bond acceptors (Lipinski definition) is 2. The van der Waals surface area contributed by atoms with E-state index in [9.17, 15) is 0 Å². The minimum absolute atomic E-state index is 0.955.